The zero-order chi connectivity index (χ0) is 13.7. The van der Waals surface area contributed by atoms with Crippen molar-refractivity contribution < 1.29 is 4.79 Å². The normalized spacial score (nSPS) is 10.2. The molecule has 0 fully saturated rings. The number of aromatic nitrogens is 2. The number of carbonyl (C=O) groups excluding carboxylic acids is 1. The molecule has 0 aliphatic rings. The lowest BCUT2D eigenvalue weighted by Gasteiger charge is -2.05. The molecular formula is C12H10BrN3O2S. The standard InChI is InChI=1S/C12H10BrN3O2S/c13-8-1-3-9(4-2-8)15-10(17)7-19-11-5-6-14-12(18)16-11/h1-6H,7H2,(H,15,17)(H,14,16,18). The number of amides is 1. The first-order valence-corrected chi connectivity index (χ1v) is 7.15. The Bertz CT molecular complexity index is 627. The van der Waals surface area contributed by atoms with Gasteiger partial charge in [-0.1, -0.05) is 27.7 Å². The van der Waals surface area contributed by atoms with E-state index in [2.05, 4.69) is 31.2 Å². The smallest absolute Gasteiger partial charge is 0.325 e. The van der Waals surface area contributed by atoms with Crippen LogP contribution in [0.3, 0.4) is 0 Å². The highest BCUT2D eigenvalue weighted by Gasteiger charge is 2.04. The predicted octanol–water partition coefficient (Wildman–Crippen LogP) is 2.26. The van der Waals surface area contributed by atoms with Crippen LogP contribution >= 0.6 is 27.7 Å². The van der Waals surface area contributed by atoms with E-state index in [1.807, 2.05) is 12.1 Å². The highest BCUT2D eigenvalue weighted by molar-refractivity contribution is 9.10. The molecule has 2 aromatic rings. The van der Waals surface area contributed by atoms with Crippen LogP contribution in [0.15, 0.2) is 50.8 Å². The number of thioether (sulfide) groups is 1. The number of hydrogen-bond acceptors (Lipinski definition) is 4. The number of nitrogens with zero attached hydrogens (tertiary/aromatic N) is 1. The van der Waals surface area contributed by atoms with Crippen molar-refractivity contribution in [2.75, 3.05) is 11.1 Å². The van der Waals surface area contributed by atoms with Gasteiger partial charge in [0.25, 0.3) is 0 Å². The second kappa shape index (κ2) is 6.53. The van der Waals surface area contributed by atoms with Crippen molar-refractivity contribution in [2.45, 2.75) is 5.03 Å². The van der Waals surface area contributed by atoms with Crippen LogP contribution in [0.5, 0.6) is 0 Å². The number of benzene rings is 1. The molecular weight excluding hydrogens is 330 g/mol. The summed E-state index contributed by atoms with van der Waals surface area (Å²) in [5.74, 6) is 0.0840. The van der Waals surface area contributed by atoms with E-state index in [0.29, 0.717) is 5.03 Å². The fraction of sp³-hybridized carbons (Fsp3) is 0.0833. The Kier molecular flexibility index (Phi) is 4.75. The summed E-state index contributed by atoms with van der Waals surface area (Å²) >= 11 is 4.57. The maximum Gasteiger partial charge on any atom is 0.345 e. The molecule has 0 spiro atoms. The molecule has 1 heterocycles. The molecule has 1 aromatic heterocycles. The van der Waals surface area contributed by atoms with Crippen molar-refractivity contribution in [1.29, 1.82) is 0 Å². The van der Waals surface area contributed by atoms with Gasteiger partial charge in [0, 0.05) is 16.4 Å². The maximum absolute atomic E-state index is 11.7. The van der Waals surface area contributed by atoms with Gasteiger partial charge in [-0.3, -0.25) is 4.79 Å². The van der Waals surface area contributed by atoms with E-state index in [9.17, 15) is 9.59 Å². The van der Waals surface area contributed by atoms with Crippen LogP contribution in [0.1, 0.15) is 0 Å². The van der Waals surface area contributed by atoms with Gasteiger partial charge in [-0.15, -0.1) is 0 Å². The van der Waals surface area contributed by atoms with Gasteiger partial charge in [0.05, 0.1) is 10.8 Å². The molecule has 0 saturated carbocycles. The van der Waals surface area contributed by atoms with Crippen LogP contribution in [-0.4, -0.2) is 21.6 Å². The van der Waals surface area contributed by atoms with Crippen LogP contribution in [0.25, 0.3) is 0 Å². The van der Waals surface area contributed by atoms with Crippen LogP contribution in [0.4, 0.5) is 5.69 Å². The molecule has 0 bridgehead atoms. The Labute approximate surface area is 122 Å². The molecule has 0 atom stereocenters. The topological polar surface area (TPSA) is 74.8 Å². The third kappa shape index (κ3) is 4.53. The van der Waals surface area contributed by atoms with Crippen LogP contribution < -0.4 is 11.0 Å². The molecule has 0 saturated heterocycles. The number of carbonyl (C=O) groups is 1. The molecule has 98 valence electrons. The summed E-state index contributed by atoms with van der Waals surface area (Å²) in [6.07, 6.45) is 1.41. The van der Waals surface area contributed by atoms with E-state index in [-0.39, 0.29) is 11.7 Å². The summed E-state index contributed by atoms with van der Waals surface area (Å²) in [6, 6.07) is 8.97. The largest absolute Gasteiger partial charge is 0.345 e. The molecule has 1 amide bonds. The molecule has 0 aliphatic carbocycles. The van der Waals surface area contributed by atoms with Crippen LogP contribution in [-0.2, 0) is 4.79 Å². The zero-order valence-electron chi connectivity index (χ0n) is 9.72. The molecule has 0 radical (unpaired) electrons. The van der Waals surface area contributed by atoms with Crippen molar-refractivity contribution in [3.63, 3.8) is 0 Å². The quantitative estimate of drug-likeness (QED) is 0.661. The van der Waals surface area contributed by atoms with Gasteiger partial charge in [-0.05, 0) is 30.3 Å². The number of H-pyrrole nitrogens is 1. The van der Waals surface area contributed by atoms with Gasteiger partial charge in [0.1, 0.15) is 0 Å². The molecule has 2 rings (SSSR count). The van der Waals surface area contributed by atoms with E-state index < -0.39 is 5.69 Å². The van der Waals surface area contributed by atoms with Crippen molar-refractivity contribution in [3.8, 4) is 0 Å². The number of nitrogens with one attached hydrogen (secondary N) is 2. The first kappa shape index (κ1) is 13.8. The zero-order valence-corrected chi connectivity index (χ0v) is 12.1. The first-order valence-electron chi connectivity index (χ1n) is 5.37. The van der Waals surface area contributed by atoms with E-state index in [0.717, 1.165) is 10.2 Å². The van der Waals surface area contributed by atoms with E-state index in [1.54, 1.807) is 18.2 Å². The lowest BCUT2D eigenvalue weighted by Crippen LogP contribution is -2.15. The first-order chi connectivity index (χ1) is 9.13. The van der Waals surface area contributed by atoms with Crippen molar-refractivity contribution >= 4 is 39.3 Å². The average Bonchev–Trinajstić information content (AvgIpc) is 2.39. The van der Waals surface area contributed by atoms with Crippen LogP contribution in [0.2, 0.25) is 0 Å². The summed E-state index contributed by atoms with van der Waals surface area (Å²) in [5.41, 5.74) is 0.315. The second-order valence-corrected chi connectivity index (χ2v) is 5.52. The number of hydrogen-bond donors (Lipinski definition) is 2. The summed E-state index contributed by atoms with van der Waals surface area (Å²) in [6.45, 7) is 0. The highest BCUT2D eigenvalue weighted by Crippen LogP contribution is 2.16. The van der Waals surface area contributed by atoms with Crippen molar-refractivity contribution in [3.05, 3.63) is 51.5 Å². The highest BCUT2D eigenvalue weighted by atomic mass is 79.9. The monoisotopic (exact) mass is 339 g/mol. The van der Waals surface area contributed by atoms with Crippen molar-refractivity contribution in [1.82, 2.24) is 9.97 Å². The second-order valence-electron chi connectivity index (χ2n) is 3.58. The predicted molar refractivity (Wildman–Crippen MR) is 78.4 cm³/mol. The van der Waals surface area contributed by atoms with E-state index in [1.165, 1.54) is 18.0 Å². The van der Waals surface area contributed by atoms with Gasteiger partial charge >= 0.3 is 5.69 Å². The van der Waals surface area contributed by atoms with Gasteiger partial charge in [0.2, 0.25) is 5.91 Å². The third-order valence-electron chi connectivity index (χ3n) is 2.13. The number of anilines is 1. The molecule has 19 heavy (non-hydrogen) atoms. The van der Waals surface area contributed by atoms with E-state index >= 15 is 0 Å². The van der Waals surface area contributed by atoms with Gasteiger partial charge in [-0.25, -0.2) is 9.78 Å². The molecule has 5 nitrogen and oxygen atoms in total. The lowest BCUT2D eigenvalue weighted by molar-refractivity contribution is -0.113. The van der Waals surface area contributed by atoms with Crippen molar-refractivity contribution in [2.24, 2.45) is 0 Å². The summed E-state index contributed by atoms with van der Waals surface area (Å²) in [5, 5.41) is 3.38. The molecule has 0 aliphatic heterocycles. The van der Waals surface area contributed by atoms with Gasteiger partial charge in [-0.2, -0.15) is 0 Å². The Balaban J connectivity index is 1.88. The SMILES string of the molecule is O=C(CSc1ccnc(=O)[nH]1)Nc1ccc(Br)cc1. The Morgan fingerprint density at radius 3 is 2.74 bits per heavy atom. The Hall–Kier alpha value is -1.60. The minimum atomic E-state index is -0.418. The lowest BCUT2D eigenvalue weighted by atomic mass is 10.3. The van der Waals surface area contributed by atoms with Crippen LogP contribution in [0, 0.1) is 0 Å². The minimum absolute atomic E-state index is 0.134. The fourth-order valence-electron chi connectivity index (χ4n) is 1.31. The molecule has 2 N–H and O–H groups in total. The fourth-order valence-corrected chi connectivity index (χ4v) is 2.25. The molecule has 1 aromatic carbocycles. The number of rotatable bonds is 4. The number of aromatic amines is 1. The summed E-state index contributed by atoms with van der Waals surface area (Å²) in [7, 11) is 0. The number of halogens is 1. The van der Waals surface area contributed by atoms with E-state index in [4.69, 9.17) is 0 Å². The Morgan fingerprint density at radius 2 is 2.05 bits per heavy atom. The third-order valence-corrected chi connectivity index (χ3v) is 3.62. The molecule has 7 heteroatoms. The maximum atomic E-state index is 11.7. The molecule has 0 unspecified atom stereocenters. The summed E-state index contributed by atoms with van der Waals surface area (Å²) in [4.78, 5) is 28.7. The average molecular weight is 340 g/mol. The van der Waals surface area contributed by atoms with Gasteiger partial charge < -0.3 is 10.3 Å². The minimum Gasteiger partial charge on any atom is -0.325 e. The Morgan fingerprint density at radius 1 is 1.32 bits per heavy atom. The summed E-state index contributed by atoms with van der Waals surface area (Å²) < 4.78 is 0.953. The van der Waals surface area contributed by atoms with Gasteiger partial charge in [0.15, 0.2) is 0 Å².